The number of nitrogens with one attached hydrogen (secondary N) is 1. The molecule has 4 rings (SSSR count). The van der Waals surface area contributed by atoms with Gasteiger partial charge in [-0.25, -0.2) is 4.68 Å². The lowest BCUT2D eigenvalue weighted by Gasteiger charge is -2.33. The summed E-state index contributed by atoms with van der Waals surface area (Å²) >= 11 is 11.3. The molecule has 9 heteroatoms. The zero-order chi connectivity index (χ0) is 18.8. The quantitative estimate of drug-likeness (QED) is 0.741. The third-order valence-electron chi connectivity index (χ3n) is 4.79. The molecule has 1 aromatic heterocycles. The van der Waals surface area contributed by atoms with E-state index in [0.29, 0.717) is 35.0 Å². The summed E-state index contributed by atoms with van der Waals surface area (Å²) in [5.41, 5.74) is 0.804. The number of piperazine rings is 1. The third-order valence-corrected chi connectivity index (χ3v) is 5.32. The van der Waals surface area contributed by atoms with Crippen LogP contribution in [0.1, 0.15) is 12.8 Å². The highest BCUT2D eigenvalue weighted by molar-refractivity contribution is 7.71. The van der Waals surface area contributed by atoms with Gasteiger partial charge in [-0.05, 0) is 43.3 Å². The molecular formula is C18H22ClN5O2S. The Hall–Kier alpha value is -1.74. The van der Waals surface area contributed by atoms with Gasteiger partial charge in [0.1, 0.15) is 0 Å². The standard InChI is InChI=1S/C18H22ClN5O2S/c19-14-3-1-2-13(10-14)17-21-24(18(27)26-17)12-23-8-6-22(7-9-23)11-16(25)20-15-4-5-15/h1-3,10,15H,4-9,11-12H2,(H,20,25). The zero-order valence-electron chi connectivity index (χ0n) is 14.9. The molecule has 1 N–H and O–H groups in total. The Labute approximate surface area is 167 Å². The summed E-state index contributed by atoms with van der Waals surface area (Å²) < 4.78 is 7.33. The van der Waals surface area contributed by atoms with Crippen molar-refractivity contribution in [2.75, 3.05) is 32.7 Å². The van der Waals surface area contributed by atoms with Crippen molar-refractivity contribution in [2.45, 2.75) is 25.6 Å². The number of amides is 1. The van der Waals surface area contributed by atoms with Crippen LogP contribution in [-0.2, 0) is 11.5 Å². The first kappa shape index (κ1) is 18.6. The van der Waals surface area contributed by atoms with Gasteiger partial charge in [-0.15, -0.1) is 5.10 Å². The van der Waals surface area contributed by atoms with Crippen LogP contribution in [0.4, 0.5) is 0 Å². The van der Waals surface area contributed by atoms with Crippen LogP contribution in [0.3, 0.4) is 0 Å². The van der Waals surface area contributed by atoms with Gasteiger partial charge in [-0.1, -0.05) is 17.7 Å². The van der Waals surface area contributed by atoms with Crippen LogP contribution in [0, 0.1) is 4.84 Å². The highest BCUT2D eigenvalue weighted by Crippen LogP contribution is 2.22. The number of benzene rings is 1. The second kappa shape index (κ2) is 8.10. The Morgan fingerprint density at radius 1 is 1.26 bits per heavy atom. The number of hydrogen-bond donors (Lipinski definition) is 1. The number of carbonyl (C=O) groups excluding carboxylic acids is 1. The number of aromatic nitrogens is 2. The molecule has 0 spiro atoms. The minimum absolute atomic E-state index is 0.135. The molecular weight excluding hydrogens is 386 g/mol. The van der Waals surface area contributed by atoms with E-state index < -0.39 is 0 Å². The summed E-state index contributed by atoms with van der Waals surface area (Å²) in [6.45, 7) is 4.47. The largest absolute Gasteiger partial charge is 0.409 e. The van der Waals surface area contributed by atoms with Crippen molar-refractivity contribution in [1.29, 1.82) is 0 Å². The Bertz CT molecular complexity index is 871. The second-order valence-electron chi connectivity index (χ2n) is 7.06. The van der Waals surface area contributed by atoms with Gasteiger partial charge in [0.2, 0.25) is 11.8 Å². The molecule has 27 heavy (non-hydrogen) atoms. The van der Waals surface area contributed by atoms with Crippen LogP contribution in [0.5, 0.6) is 0 Å². The zero-order valence-corrected chi connectivity index (χ0v) is 16.5. The molecule has 0 bridgehead atoms. The smallest absolute Gasteiger partial charge is 0.288 e. The van der Waals surface area contributed by atoms with Crippen molar-refractivity contribution in [3.05, 3.63) is 34.1 Å². The molecule has 2 aliphatic rings. The molecule has 1 aliphatic heterocycles. The van der Waals surface area contributed by atoms with Crippen molar-refractivity contribution in [3.8, 4) is 11.5 Å². The summed E-state index contributed by atoms with van der Waals surface area (Å²) in [7, 11) is 0. The fraction of sp³-hybridized carbons (Fsp3) is 0.500. The Kier molecular flexibility index (Phi) is 5.58. The van der Waals surface area contributed by atoms with E-state index in [0.717, 1.165) is 44.6 Å². The van der Waals surface area contributed by atoms with E-state index in [1.165, 1.54) is 0 Å². The average molecular weight is 408 g/mol. The Balaban J connectivity index is 1.31. The van der Waals surface area contributed by atoms with E-state index in [1.54, 1.807) is 16.8 Å². The van der Waals surface area contributed by atoms with Gasteiger partial charge in [-0.3, -0.25) is 14.6 Å². The first-order valence-electron chi connectivity index (χ1n) is 9.15. The van der Waals surface area contributed by atoms with Gasteiger partial charge in [0, 0.05) is 42.8 Å². The summed E-state index contributed by atoms with van der Waals surface area (Å²) in [4.78, 5) is 16.7. The molecule has 144 valence electrons. The Morgan fingerprint density at radius 2 is 2.00 bits per heavy atom. The molecule has 2 fully saturated rings. The van der Waals surface area contributed by atoms with Crippen molar-refractivity contribution in [1.82, 2.24) is 24.9 Å². The minimum Gasteiger partial charge on any atom is -0.409 e. The van der Waals surface area contributed by atoms with E-state index in [-0.39, 0.29) is 5.91 Å². The summed E-state index contributed by atoms with van der Waals surface area (Å²) in [5, 5.41) is 8.16. The number of carbonyl (C=O) groups is 1. The maximum atomic E-state index is 11.9. The normalized spacial score (nSPS) is 18.6. The van der Waals surface area contributed by atoms with E-state index >= 15 is 0 Å². The predicted octanol–water partition coefficient (Wildman–Crippen LogP) is 2.38. The number of rotatable bonds is 6. The van der Waals surface area contributed by atoms with E-state index in [9.17, 15) is 4.79 Å². The monoisotopic (exact) mass is 407 g/mol. The number of halogens is 1. The molecule has 2 heterocycles. The van der Waals surface area contributed by atoms with Crippen molar-refractivity contribution in [2.24, 2.45) is 0 Å². The van der Waals surface area contributed by atoms with Gasteiger partial charge < -0.3 is 9.73 Å². The topological polar surface area (TPSA) is 66.5 Å². The van der Waals surface area contributed by atoms with E-state index in [4.69, 9.17) is 28.2 Å². The first-order valence-corrected chi connectivity index (χ1v) is 9.93. The first-order chi connectivity index (χ1) is 13.1. The lowest BCUT2D eigenvalue weighted by Crippen LogP contribution is -2.49. The third kappa shape index (κ3) is 4.95. The highest BCUT2D eigenvalue weighted by atomic mass is 35.5. The van der Waals surface area contributed by atoms with Crippen molar-refractivity contribution < 1.29 is 9.21 Å². The molecule has 1 amide bonds. The van der Waals surface area contributed by atoms with Gasteiger partial charge in [-0.2, -0.15) is 0 Å². The molecule has 0 unspecified atom stereocenters. The Morgan fingerprint density at radius 3 is 2.70 bits per heavy atom. The number of nitrogens with zero attached hydrogens (tertiary/aromatic N) is 4. The summed E-state index contributed by atoms with van der Waals surface area (Å²) in [5.74, 6) is 0.605. The summed E-state index contributed by atoms with van der Waals surface area (Å²) in [6.07, 6.45) is 2.24. The van der Waals surface area contributed by atoms with Crippen LogP contribution in [0.25, 0.3) is 11.5 Å². The maximum Gasteiger partial charge on any atom is 0.288 e. The molecule has 1 saturated carbocycles. The fourth-order valence-corrected chi connectivity index (χ4v) is 3.48. The van der Waals surface area contributed by atoms with E-state index in [1.807, 2.05) is 12.1 Å². The number of hydrogen-bond acceptors (Lipinski definition) is 6. The van der Waals surface area contributed by atoms with E-state index in [2.05, 4.69) is 20.2 Å². The van der Waals surface area contributed by atoms with Crippen LogP contribution < -0.4 is 5.32 Å². The second-order valence-corrected chi connectivity index (χ2v) is 7.85. The predicted molar refractivity (Wildman–Crippen MR) is 105 cm³/mol. The molecule has 1 aromatic carbocycles. The van der Waals surface area contributed by atoms with Gasteiger partial charge in [0.15, 0.2) is 0 Å². The maximum absolute atomic E-state index is 11.9. The SMILES string of the molecule is O=C(CN1CCN(Cn2nc(-c3cccc(Cl)c3)oc2=S)CC1)NC1CC1. The molecule has 2 aromatic rings. The van der Waals surface area contributed by atoms with Crippen LogP contribution in [0.2, 0.25) is 5.02 Å². The van der Waals surface area contributed by atoms with Crippen LogP contribution in [0.15, 0.2) is 28.7 Å². The molecule has 0 atom stereocenters. The molecule has 1 saturated heterocycles. The fourth-order valence-electron chi connectivity index (χ4n) is 3.12. The lowest BCUT2D eigenvalue weighted by atomic mass is 10.2. The van der Waals surface area contributed by atoms with Crippen LogP contribution in [-0.4, -0.2) is 64.3 Å². The molecule has 1 aliphatic carbocycles. The lowest BCUT2D eigenvalue weighted by molar-refractivity contribution is -0.122. The highest BCUT2D eigenvalue weighted by Gasteiger charge is 2.25. The van der Waals surface area contributed by atoms with Gasteiger partial charge in [0.25, 0.3) is 4.84 Å². The van der Waals surface area contributed by atoms with Gasteiger partial charge >= 0.3 is 0 Å². The average Bonchev–Trinajstić information content (AvgIpc) is 3.38. The molecule has 7 nitrogen and oxygen atoms in total. The van der Waals surface area contributed by atoms with Crippen molar-refractivity contribution in [3.63, 3.8) is 0 Å². The van der Waals surface area contributed by atoms with Crippen molar-refractivity contribution >= 4 is 29.7 Å². The van der Waals surface area contributed by atoms with Crippen LogP contribution >= 0.6 is 23.8 Å². The minimum atomic E-state index is 0.135. The van der Waals surface area contributed by atoms with Gasteiger partial charge in [0.05, 0.1) is 13.2 Å². The summed E-state index contributed by atoms with van der Waals surface area (Å²) in [6, 6.07) is 7.77. The molecule has 0 radical (unpaired) electrons.